The van der Waals surface area contributed by atoms with Crippen LogP contribution >= 0.6 is 11.6 Å². The Labute approximate surface area is 183 Å². The number of hydrogen-bond donors (Lipinski definition) is 3. The molecule has 0 aliphatic rings. The van der Waals surface area contributed by atoms with Gasteiger partial charge in [-0.2, -0.15) is 0 Å². The van der Waals surface area contributed by atoms with E-state index in [2.05, 4.69) is 25.2 Å². The van der Waals surface area contributed by atoms with Crippen molar-refractivity contribution in [3.8, 4) is 5.88 Å². The van der Waals surface area contributed by atoms with Gasteiger partial charge in [-0.15, -0.1) is 5.10 Å². The van der Waals surface area contributed by atoms with Crippen LogP contribution < -0.4 is 14.8 Å². The Kier molecular flexibility index (Phi) is 6.65. The van der Waals surface area contributed by atoms with Crippen LogP contribution in [-0.4, -0.2) is 41.4 Å². The molecular weight excluding hydrogens is 449 g/mol. The van der Waals surface area contributed by atoms with Crippen molar-refractivity contribution in [1.82, 2.24) is 15.2 Å². The van der Waals surface area contributed by atoms with Crippen molar-refractivity contribution in [3.05, 3.63) is 40.8 Å². The number of anilines is 2. The second kappa shape index (κ2) is 9.06. The fourth-order valence-electron chi connectivity index (χ4n) is 2.78. The maximum atomic E-state index is 14.9. The molecule has 0 saturated heterocycles. The van der Waals surface area contributed by atoms with Crippen molar-refractivity contribution in [2.45, 2.75) is 33.3 Å². The topological polar surface area (TPSA) is 126 Å². The number of carbonyl (C=O) groups excluding carboxylic acids is 1. The van der Waals surface area contributed by atoms with E-state index in [1.54, 1.807) is 13.0 Å². The van der Waals surface area contributed by atoms with Crippen molar-refractivity contribution < 1.29 is 22.3 Å². The molecule has 0 radical (unpaired) electrons. The second-order valence-corrected chi connectivity index (χ2v) is 9.22. The number of fused-ring (bicyclic) bond motifs is 1. The van der Waals surface area contributed by atoms with Crippen LogP contribution in [0, 0.1) is 5.82 Å². The average Bonchev–Trinajstić information content (AvgIpc) is 3.05. The number of sulfonamides is 1. The largest absolute Gasteiger partial charge is 0.473 e. The number of nitrogens with zero attached hydrogens (tertiary/aromatic N) is 2. The number of amides is 1. The molecule has 0 atom stereocenters. The number of aromatic amines is 1. The van der Waals surface area contributed by atoms with Gasteiger partial charge in [-0.1, -0.05) is 18.5 Å². The van der Waals surface area contributed by atoms with Crippen LogP contribution in [0.25, 0.3) is 11.0 Å². The lowest BCUT2D eigenvalue weighted by Gasteiger charge is -2.13. The van der Waals surface area contributed by atoms with Crippen LogP contribution in [-0.2, 0) is 10.0 Å². The highest BCUT2D eigenvalue weighted by Gasteiger charge is 2.22. The first-order valence-corrected chi connectivity index (χ1v) is 11.4. The molecule has 3 N–H and O–H groups in total. The number of nitrogens with one attached hydrogen (secondary N) is 3. The fraction of sp³-hybridized carbons (Fsp3) is 0.316. The van der Waals surface area contributed by atoms with Crippen LogP contribution in [0.3, 0.4) is 0 Å². The standard InChI is InChI=1S/C19H21ClFN5O4S/c1-4-7-31(28,29)26-14-6-5-13(20)15(16(14)21)18(27)23-11-8-12-17(22-9-11)24-25-19(12)30-10(2)3/h5-6,8-10,26H,4,7H2,1-3H3,(H,23,27)(H,22,24,25). The molecule has 0 bridgehead atoms. The molecule has 0 aliphatic heterocycles. The van der Waals surface area contributed by atoms with E-state index in [1.807, 2.05) is 13.8 Å². The Hall–Kier alpha value is -2.92. The molecule has 3 aromatic rings. The first-order chi connectivity index (χ1) is 14.6. The number of halogens is 2. The van der Waals surface area contributed by atoms with Gasteiger partial charge in [-0.05, 0) is 38.5 Å². The maximum Gasteiger partial charge on any atom is 0.260 e. The summed E-state index contributed by atoms with van der Waals surface area (Å²) in [5.41, 5.74) is -0.159. The SMILES string of the molecule is CCCS(=O)(=O)Nc1ccc(Cl)c(C(=O)Nc2cnc3[nH]nc(OC(C)C)c3c2)c1F. The Balaban J connectivity index is 1.90. The Morgan fingerprint density at radius 3 is 2.77 bits per heavy atom. The maximum absolute atomic E-state index is 14.9. The van der Waals surface area contributed by atoms with E-state index < -0.39 is 27.3 Å². The Bertz CT molecular complexity index is 1230. The van der Waals surface area contributed by atoms with Crippen LogP contribution in [0.1, 0.15) is 37.6 Å². The summed E-state index contributed by atoms with van der Waals surface area (Å²) in [7, 11) is -3.75. The molecule has 2 aromatic heterocycles. The number of ether oxygens (including phenoxy) is 1. The lowest BCUT2D eigenvalue weighted by molar-refractivity contribution is 0.102. The van der Waals surface area contributed by atoms with E-state index >= 15 is 0 Å². The highest BCUT2D eigenvalue weighted by atomic mass is 35.5. The lowest BCUT2D eigenvalue weighted by Crippen LogP contribution is -2.20. The van der Waals surface area contributed by atoms with E-state index in [9.17, 15) is 17.6 Å². The first kappa shape index (κ1) is 22.8. The van der Waals surface area contributed by atoms with Crippen LogP contribution in [0.5, 0.6) is 5.88 Å². The fourth-order valence-corrected chi connectivity index (χ4v) is 4.15. The molecule has 0 unspecified atom stereocenters. The van der Waals surface area contributed by atoms with E-state index in [1.165, 1.54) is 12.3 Å². The van der Waals surface area contributed by atoms with E-state index in [0.717, 1.165) is 6.07 Å². The number of carbonyl (C=O) groups is 1. The third-order valence-corrected chi connectivity index (χ3v) is 5.83. The molecular formula is C19H21ClFN5O4S. The molecule has 0 aliphatic carbocycles. The molecule has 166 valence electrons. The summed E-state index contributed by atoms with van der Waals surface area (Å²) in [5, 5.41) is 9.63. The Morgan fingerprint density at radius 2 is 2.10 bits per heavy atom. The predicted octanol–water partition coefficient (Wildman–Crippen LogP) is 3.94. The minimum absolute atomic E-state index is 0.128. The first-order valence-electron chi connectivity index (χ1n) is 9.42. The summed E-state index contributed by atoms with van der Waals surface area (Å²) in [6.45, 7) is 5.36. The van der Waals surface area contributed by atoms with Gasteiger partial charge in [0.05, 0.1) is 45.4 Å². The van der Waals surface area contributed by atoms with Crippen LogP contribution in [0.15, 0.2) is 24.4 Å². The smallest absolute Gasteiger partial charge is 0.260 e. The molecule has 3 rings (SSSR count). The number of aromatic nitrogens is 3. The zero-order chi connectivity index (χ0) is 22.8. The molecule has 12 heteroatoms. The molecule has 0 fully saturated rings. The zero-order valence-corrected chi connectivity index (χ0v) is 18.6. The molecule has 2 heterocycles. The van der Waals surface area contributed by atoms with Crippen molar-refractivity contribution in [2.75, 3.05) is 15.8 Å². The van der Waals surface area contributed by atoms with Gasteiger partial charge in [0, 0.05) is 0 Å². The van der Waals surface area contributed by atoms with Crippen molar-refractivity contribution in [2.24, 2.45) is 0 Å². The normalized spacial score (nSPS) is 11.7. The summed E-state index contributed by atoms with van der Waals surface area (Å²) in [6.07, 6.45) is 1.58. The minimum atomic E-state index is -3.75. The van der Waals surface area contributed by atoms with Gasteiger partial charge in [-0.25, -0.2) is 17.8 Å². The van der Waals surface area contributed by atoms with Gasteiger partial charge in [0.1, 0.15) is 0 Å². The summed E-state index contributed by atoms with van der Waals surface area (Å²) in [4.78, 5) is 16.9. The molecule has 31 heavy (non-hydrogen) atoms. The third kappa shape index (κ3) is 5.23. The van der Waals surface area contributed by atoms with Gasteiger partial charge in [-0.3, -0.25) is 14.6 Å². The Morgan fingerprint density at radius 1 is 1.35 bits per heavy atom. The molecule has 1 amide bonds. The zero-order valence-electron chi connectivity index (χ0n) is 17.0. The van der Waals surface area contributed by atoms with Crippen LogP contribution in [0.2, 0.25) is 5.02 Å². The summed E-state index contributed by atoms with van der Waals surface area (Å²) < 4.78 is 46.6. The van der Waals surface area contributed by atoms with Crippen molar-refractivity contribution >= 4 is 49.9 Å². The lowest BCUT2D eigenvalue weighted by atomic mass is 10.1. The highest BCUT2D eigenvalue weighted by Crippen LogP contribution is 2.29. The number of benzene rings is 1. The van der Waals surface area contributed by atoms with Gasteiger partial charge in [0.25, 0.3) is 5.91 Å². The number of H-pyrrole nitrogens is 1. The van der Waals surface area contributed by atoms with Gasteiger partial charge in [0.15, 0.2) is 11.5 Å². The predicted molar refractivity (Wildman–Crippen MR) is 117 cm³/mol. The van der Waals surface area contributed by atoms with Crippen molar-refractivity contribution in [1.29, 1.82) is 0 Å². The quantitative estimate of drug-likeness (QED) is 0.458. The van der Waals surface area contributed by atoms with Gasteiger partial charge in [0.2, 0.25) is 15.9 Å². The monoisotopic (exact) mass is 469 g/mol. The summed E-state index contributed by atoms with van der Waals surface area (Å²) in [6, 6.07) is 3.98. The van der Waals surface area contributed by atoms with E-state index in [-0.39, 0.29) is 28.3 Å². The third-order valence-electron chi connectivity index (χ3n) is 4.04. The number of rotatable bonds is 8. The molecule has 9 nitrogen and oxygen atoms in total. The van der Waals surface area contributed by atoms with E-state index in [4.69, 9.17) is 16.3 Å². The molecule has 0 saturated carbocycles. The molecule has 0 spiro atoms. The number of pyridine rings is 1. The summed E-state index contributed by atoms with van der Waals surface area (Å²) >= 11 is 6.03. The highest BCUT2D eigenvalue weighted by molar-refractivity contribution is 7.92. The van der Waals surface area contributed by atoms with Crippen LogP contribution in [0.4, 0.5) is 15.8 Å². The minimum Gasteiger partial charge on any atom is -0.473 e. The van der Waals surface area contributed by atoms with Gasteiger partial charge < -0.3 is 10.1 Å². The van der Waals surface area contributed by atoms with Gasteiger partial charge >= 0.3 is 0 Å². The summed E-state index contributed by atoms with van der Waals surface area (Å²) in [5.74, 6) is -1.82. The number of hydrogen-bond acceptors (Lipinski definition) is 6. The second-order valence-electron chi connectivity index (χ2n) is 6.97. The van der Waals surface area contributed by atoms with E-state index in [0.29, 0.717) is 23.3 Å². The molecule has 1 aromatic carbocycles. The van der Waals surface area contributed by atoms with Crippen molar-refractivity contribution in [3.63, 3.8) is 0 Å². The average molecular weight is 470 g/mol.